The molecule has 0 bridgehead atoms. The van der Waals surface area contributed by atoms with Gasteiger partial charge in [0.1, 0.15) is 12.4 Å². The summed E-state index contributed by atoms with van der Waals surface area (Å²) < 4.78 is 16.5. The van der Waals surface area contributed by atoms with Crippen LogP contribution in [0, 0.1) is 0 Å². The van der Waals surface area contributed by atoms with Gasteiger partial charge in [-0.15, -0.1) is 12.4 Å². The zero-order valence-corrected chi connectivity index (χ0v) is 23.2. The van der Waals surface area contributed by atoms with Crippen LogP contribution < -0.4 is 24.4 Å². The molecule has 39 heavy (non-hydrogen) atoms. The average Bonchev–Trinajstić information content (AvgIpc) is 2.92. The van der Waals surface area contributed by atoms with Crippen molar-refractivity contribution in [1.82, 2.24) is 4.90 Å². The summed E-state index contributed by atoms with van der Waals surface area (Å²) in [6.45, 7) is 5.54. The highest BCUT2D eigenvalue weighted by molar-refractivity contribution is 6.02. The van der Waals surface area contributed by atoms with Gasteiger partial charge in [-0.05, 0) is 61.2 Å². The first-order valence-electron chi connectivity index (χ1n) is 12.5. The number of amides is 1. The van der Waals surface area contributed by atoms with E-state index in [4.69, 9.17) is 14.2 Å². The molecule has 0 atom stereocenters. The second kappa shape index (κ2) is 14.2. The van der Waals surface area contributed by atoms with Gasteiger partial charge in [0, 0.05) is 56.1 Å². The highest BCUT2D eigenvalue weighted by Crippen LogP contribution is 2.29. The van der Waals surface area contributed by atoms with Crippen LogP contribution >= 0.6 is 12.4 Å². The van der Waals surface area contributed by atoms with Crippen molar-refractivity contribution in [3.05, 3.63) is 83.9 Å². The topological polar surface area (TPSA) is 80.3 Å². The lowest BCUT2D eigenvalue weighted by atomic mass is 10.1. The molecule has 0 saturated carbocycles. The fourth-order valence-electron chi connectivity index (χ4n) is 4.14. The number of rotatable bonds is 9. The minimum absolute atomic E-state index is 0. The molecule has 206 valence electrons. The minimum Gasteiger partial charge on any atom is -0.493 e. The Hall–Kier alpha value is -4.01. The van der Waals surface area contributed by atoms with Crippen molar-refractivity contribution in [3.8, 4) is 17.2 Å². The number of halogens is 1. The molecule has 1 amide bonds. The Morgan fingerprint density at radius 2 is 1.69 bits per heavy atom. The van der Waals surface area contributed by atoms with Crippen molar-refractivity contribution in [3.63, 3.8) is 0 Å². The predicted octanol–water partition coefficient (Wildman–Crippen LogP) is 5.03. The van der Waals surface area contributed by atoms with Gasteiger partial charge in [-0.25, -0.2) is 0 Å². The molecule has 0 unspecified atom stereocenters. The Labute approximate surface area is 235 Å². The molecule has 4 rings (SSSR count). The second-order valence-corrected chi connectivity index (χ2v) is 9.06. The Balaban J connectivity index is 0.00000420. The molecule has 3 aromatic rings. The van der Waals surface area contributed by atoms with Gasteiger partial charge in [0.2, 0.25) is 5.91 Å². The normalized spacial score (nSPS) is 13.5. The van der Waals surface area contributed by atoms with Gasteiger partial charge in [-0.3, -0.25) is 9.59 Å². The number of piperazine rings is 1. The van der Waals surface area contributed by atoms with Crippen molar-refractivity contribution < 1.29 is 23.8 Å². The third kappa shape index (κ3) is 8.49. The van der Waals surface area contributed by atoms with Gasteiger partial charge >= 0.3 is 5.97 Å². The first-order chi connectivity index (χ1) is 18.4. The lowest BCUT2D eigenvalue weighted by molar-refractivity contribution is -0.132. The maximum absolute atomic E-state index is 12.9. The Morgan fingerprint density at radius 1 is 0.949 bits per heavy atom. The molecule has 1 saturated heterocycles. The minimum atomic E-state index is -0.451. The van der Waals surface area contributed by atoms with E-state index in [2.05, 4.69) is 28.2 Å². The highest BCUT2D eigenvalue weighted by Gasteiger charge is 2.16. The SMILES string of the molecule is COc1ccc(C=CC(=O)Nc2ccc(N3CCN(C)CC3)cc2COc2ccccc2)cc1OC(C)=O.Cl. The fraction of sp³-hybridized carbons (Fsp3) is 0.267. The number of nitrogens with zero attached hydrogens (tertiary/aromatic N) is 2. The van der Waals surface area contributed by atoms with Gasteiger partial charge in [0.25, 0.3) is 0 Å². The summed E-state index contributed by atoms with van der Waals surface area (Å²) in [4.78, 5) is 28.9. The van der Waals surface area contributed by atoms with Crippen LogP contribution in [0.2, 0.25) is 0 Å². The summed E-state index contributed by atoms with van der Waals surface area (Å²) >= 11 is 0. The first kappa shape index (κ1) is 29.5. The standard InChI is InChI=1S/C30H33N3O5.ClH/c1-22(34)38-29-19-23(9-13-28(29)36-3)10-14-30(35)31-27-12-11-25(33-17-15-32(2)16-18-33)20-24(27)21-37-26-7-5-4-6-8-26;/h4-14,19-20H,15-18,21H2,1-3H3,(H,31,35);1H. The van der Waals surface area contributed by atoms with Crippen molar-refractivity contribution in [1.29, 1.82) is 0 Å². The number of esters is 1. The first-order valence-corrected chi connectivity index (χ1v) is 12.5. The Kier molecular flexibility index (Phi) is 10.8. The van der Waals surface area contributed by atoms with Crippen LogP contribution in [0.4, 0.5) is 11.4 Å². The van der Waals surface area contributed by atoms with Crippen molar-refractivity contribution in [2.75, 3.05) is 50.6 Å². The summed E-state index contributed by atoms with van der Waals surface area (Å²) in [5.74, 6) is 0.751. The van der Waals surface area contributed by atoms with Gasteiger partial charge in [0.05, 0.1) is 7.11 Å². The molecule has 1 N–H and O–H groups in total. The van der Waals surface area contributed by atoms with Crippen LogP contribution in [-0.2, 0) is 16.2 Å². The second-order valence-electron chi connectivity index (χ2n) is 9.06. The van der Waals surface area contributed by atoms with E-state index in [0.717, 1.165) is 43.2 Å². The number of likely N-dealkylation sites (N-methyl/N-ethyl adjacent to an activating group) is 1. The van der Waals surface area contributed by atoms with E-state index in [-0.39, 0.29) is 18.3 Å². The molecule has 8 nitrogen and oxygen atoms in total. The molecule has 1 heterocycles. The van der Waals surface area contributed by atoms with Crippen LogP contribution in [-0.4, -0.2) is 57.1 Å². The van der Waals surface area contributed by atoms with Crippen LogP contribution in [0.15, 0.2) is 72.8 Å². The highest BCUT2D eigenvalue weighted by atomic mass is 35.5. The quantitative estimate of drug-likeness (QED) is 0.227. The number of nitrogens with one attached hydrogen (secondary N) is 1. The van der Waals surface area contributed by atoms with Crippen LogP contribution in [0.1, 0.15) is 18.1 Å². The zero-order chi connectivity index (χ0) is 26.9. The average molecular weight is 552 g/mol. The smallest absolute Gasteiger partial charge is 0.308 e. The Morgan fingerprint density at radius 3 is 2.38 bits per heavy atom. The third-order valence-electron chi connectivity index (χ3n) is 6.22. The van der Waals surface area contributed by atoms with Gasteiger partial charge < -0.3 is 29.3 Å². The van der Waals surface area contributed by atoms with Crippen LogP contribution in [0.5, 0.6) is 17.2 Å². The molecule has 1 aliphatic rings. The number of carbonyl (C=O) groups is 2. The third-order valence-corrected chi connectivity index (χ3v) is 6.22. The van der Waals surface area contributed by atoms with Gasteiger partial charge in [0.15, 0.2) is 11.5 Å². The summed E-state index contributed by atoms with van der Waals surface area (Å²) in [5, 5.41) is 2.98. The number of anilines is 2. The van der Waals surface area contributed by atoms with E-state index < -0.39 is 5.97 Å². The summed E-state index contributed by atoms with van der Waals surface area (Å²) in [6, 6.07) is 20.8. The van der Waals surface area contributed by atoms with Crippen molar-refractivity contribution in [2.24, 2.45) is 0 Å². The van der Waals surface area contributed by atoms with Gasteiger partial charge in [-0.1, -0.05) is 24.3 Å². The monoisotopic (exact) mass is 551 g/mol. The lowest BCUT2D eigenvalue weighted by Crippen LogP contribution is -2.44. The maximum atomic E-state index is 12.9. The molecular weight excluding hydrogens is 518 g/mol. The van der Waals surface area contributed by atoms with E-state index in [1.54, 1.807) is 24.3 Å². The molecule has 0 aromatic heterocycles. The predicted molar refractivity (Wildman–Crippen MR) is 156 cm³/mol. The molecule has 9 heteroatoms. The van der Waals surface area contributed by atoms with Gasteiger partial charge in [-0.2, -0.15) is 0 Å². The molecule has 1 aliphatic heterocycles. The number of para-hydroxylation sites is 1. The fourth-order valence-corrected chi connectivity index (χ4v) is 4.14. The van der Waals surface area contributed by atoms with E-state index in [0.29, 0.717) is 29.4 Å². The molecule has 1 fully saturated rings. The molecular formula is C30H34ClN3O5. The largest absolute Gasteiger partial charge is 0.493 e. The summed E-state index contributed by atoms with van der Waals surface area (Å²) in [7, 11) is 3.63. The molecule has 0 aliphatic carbocycles. The number of ether oxygens (including phenoxy) is 3. The molecule has 0 radical (unpaired) electrons. The summed E-state index contributed by atoms with van der Waals surface area (Å²) in [5.41, 5.74) is 3.36. The molecule has 3 aromatic carbocycles. The zero-order valence-electron chi connectivity index (χ0n) is 22.4. The van der Waals surface area contributed by atoms with E-state index in [1.807, 2.05) is 42.5 Å². The van der Waals surface area contributed by atoms with E-state index in [1.165, 1.54) is 20.1 Å². The van der Waals surface area contributed by atoms with Crippen molar-refractivity contribution in [2.45, 2.75) is 13.5 Å². The van der Waals surface area contributed by atoms with Crippen LogP contribution in [0.3, 0.4) is 0 Å². The number of methoxy groups -OCH3 is 1. The Bertz CT molecular complexity index is 1290. The number of hydrogen-bond acceptors (Lipinski definition) is 7. The molecule has 0 spiro atoms. The number of benzene rings is 3. The van der Waals surface area contributed by atoms with E-state index in [9.17, 15) is 9.59 Å². The van der Waals surface area contributed by atoms with Crippen LogP contribution in [0.25, 0.3) is 6.08 Å². The number of hydrogen-bond donors (Lipinski definition) is 1. The van der Waals surface area contributed by atoms with E-state index >= 15 is 0 Å². The number of carbonyl (C=O) groups excluding carboxylic acids is 2. The van der Waals surface area contributed by atoms with Crippen molar-refractivity contribution >= 4 is 41.7 Å². The lowest BCUT2D eigenvalue weighted by Gasteiger charge is -2.34. The maximum Gasteiger partial charge on any atom is 0.308 e. The summed E-state index contributed by atoms with van der Waals surface area (Å²) in [6.07, 6.45) is 3.09.